The number of carboxylic acid groups (broad SMARTS) is 4. The maximum Gasteiger partial charge on any atom is 0.335 e. The van der Waals surface area contributed by atoms with Gasteiger partial charge in [0.15, 0.2) is 0 Å². The van der Waals surface area contributed by atoms with E-state index < -0.39 is 67.2 Å². The van der Waals surface area contributed by atoms with E-state index in [0.717, 1.165) is 22.3 Å². The van der Waals surface area contributed by atoms with Gasteiger partial charge in [-0.05, 0) is 103 Å². The maximum atomic E-state index is 12.9. The minimum absolute atomic E-state index is 0.272. The summed E-state index contributed by atoms with van der Waals surface area (Å²) in [5.41, 5.74) is -0.554. The van der Waals surface area contributed by atoms with E-state index in [1.165, 1.54) is 0 Å². The van der Waals surface area contributed by atoms with Gasteiger partial charge in [-0.15, -0.1) is 0 Å². The molecule has 0 heterocycles. The average molecular weight is 799 g/mol. The zero-order valence-electron chi connectivity index (χ0n) is 38.0. The van der Waals surface area contributed by atoms with Crippen molar-refractivity contribution in [3.05, 3.63) is 93.2 Å². The summed E-state index contributed by atoms with van der Waals surface area (Å²) in [4.78, 5) is 51.5. The summed E-state index contributed by atoms with van der Waals surface area (Å²) < 4.78 is 0. The Labute approximate surface area is 347 Å². The molecule has 4 atom stereocenters. The zero-order valence-corrected chi connectivity index (χ0v) is 38.0. The van der Waals surface area contributed by atoms with E-state index in [-0.39, 0.29) is 34.1 Å². The molecule has 4 rings (SSSR count). The van der Waals surface area contributed by atoms with E-state index in [1.54, 1.807) is 24.3 Å². The molecule has 0 aromatic heterocycles. The number of carboxylic acids is 4. The molecule has 0 spiro atoms. The highest BCUT2D eigenvalue weighted by Gasteiger charge is 2.61. The van der Waals surface area contributed by atoms with Gasteiger partial charge in [0.05, 0.1) is 22.3 Å². The summed E-state index contributed by atoms with van der Waals surface area (Å²) in [5.74, 6) is -4.63. The number of carbonyl (C=O) groups is 4. The van der Waals surface area contributed by atoms with Crippen molar-refractivity contribution in [1.29, 1.82) is 0 Å². The summed E-state index contributed by atoms with van der Waals surface area (Å²) in [7, 11) is 0. The molecule has 318 valence electrons. The van der Waals surface area contributed by atoms with Crippen molar-refractivity contribution < 1.29 is 39.6 Å². The van der Waals surface area contributed by atoms with Crippen molar-refractivity contribution in [3.63, 3.8) is 0 Å². The predicted octanol–water partition coefficient (Wildman–Crippen LogP) is 11.8. The monoisotopic (exact) mass is 799 g/mol. The topological polar surface area (TPSA) is 149 Å². The van der Waals surface area contributed by atoms with Crippen molar-refractivity contribution >= 4 is 23.9 Å². The summed E-state index contributed by atoms with van der Waals surface area (Å²) in [5, 5.41) is 42.1. The SMILES string of the molecule is CC(C)(C)C1=C(C(=O)O)C=CC(C)(C(C(C2(C)C=CC(C(=O)O)=C(C(C)(C)C)C2)C2(C)C=CC(C(=O)O)=C(C(C)(C)C)C2)C2(C)C=CC(C(=O)O)=C(C(C)(C)C)C2)C1. The number of hydrogen-bond acceptors (Lipinski definition) is 4. The van der Waals surface area contributed by atoms with Crippen LogP contribution in [0.1, 0.15) is 136 Å². The Morgan fingerprint density at radius 1 is 0.397 bits per heavy atom. The Morgan fingerprint density at radius 3 is 0.672 bits per heavy atom. The number of allylic oxidation sites excluding steroid dienone is 8. The standard InChI is InChI=1S/C50H70O8/c1-43(2,3)33-25-47(13,21-17-29(33)39(51)52)37(48(14)22-18-30(40(53)54)34(26-48)44(4,5)6)38(49(15)23-19-31(41(55)56)35(27-49)45(7,8)9)50(16)24-20-32(42(57)58)36(28-50)46(10,11)12/h17-24,37-38H,25-28H2,1-16H3,(H,51,52)(H,53,54)(H,55,56)(H,57,58). The van der Waals surface area contributed by atoms with Crippen LogP contribution in [0.2, 0.25) is 0 Å². The van der Waals surface area contributed by atoms with E-state index in [0.29, 0.717) is 25.7 Å². The highest BCUT2D eigenvalue weighted by Crippen LogP contribution is 2.68. The van der Waals surface area contributed by atoms with Crippen molar-refractivity contribution in [3.8, 4) is 0 Å². The summed E-state index contributed by atoms with van der Waals surface area (Å²) in [6.07, 6.45) is 17.0. The van der Waals surface area contributed by atoms with Crippen molar-refractivity contribution in [2.45, 2.75) is 136 Å². The Bertz CT molecular complexity index is 1740. The van der Waals surface area contributed by atoms with E-state index >= 15 is 0 Å². The Kier molecular flexibility index (Phi) is 11.9. The zero-order chi connectivity index (χ0) is 44.6. The van der Waals surface area contributed by atoms with Crippen LogP contribution < -0.4 is 0 Å². The minimum atomic E-state index is -0.990. The van der Waals surface area contributed by atoms with Crippen LogP contribution in [0.4, 0.5) is 0 Å². The second kappa shape index (κ2) is 14.8. The molecular weight excluding hydrogens is 729 g/mol. The number of aliphatic carboxylic acids is 4. The van der Waals surface area contributed by atoms with Crippen molar-refractivity contribution in [1.82, 2.24) is 0 Å². The number of rotatable bonds is 9. The fraction of sp³-hybridized carbons (Fsp3) is 0.600. The molecule has 8 nitrogen and oxygen atoms in total. The molecule has 4 N–H and O–H groups in total. The van der Waals surface area contributed by atoms with Gasteiger partial charge in [-0.1, -0.05) is 159 Å². The predicted molar refractivity (Wildman–Crippen MR) is 231 cm³/mol. The molecule has 4 aliphatic carbocycles. The molecule has 0 aromatic rings. The molecule has 0 radical (unpaired) electrons. The van der Waals surface area contributed by atoms with E-state index in [4.69, 9.17) is 0 Å². The molecule has 0 fully saturated rings. The third-order valence-electron chi connectivity index (χ3n) is 13.8. The van der Waals surface area contributed by atoms with Gasteiger partial charge in [0.25, 0.3) is 0 Å². The molecule has 4 aliphatic rings. The first-order valence-corrected chi connectivity index (χ1v) is 20.7. The molecule has 0 saturated heterocycles. The van der Waals surface area contributed by atoms with Crippen molar-refractivity contribution in [2.24, 2.45) is 55.2 Å². The second-order valence-corrected chi connectivity index (χ2v) is 22.8. The Hall–Kier alpha value is -4.20. The largest absolute Gasteiger partial charge is 0.478 e. The van der Waals surface area contributed by atoms with Crippen LogP contribution in [-0.2, 0) is 19.2 Å². The maximum absolute atomic E-state index is 12.9. The van der Waals surface area contributed by atoms with Crippen LogP contribution in [0, 0.1) is 55.2 Å². The van der Waals surface area contributed by atoms with Crippen LogP contribution in [0.3, 0.4) is 0 Å². The Balaban J connectivity index is 2.22. The van der Waals surface area contributed by atoms with Crippen LogP contribution in [0.5, 0.6) is 0 Å². The van der Waals surface area contributed by atoms with Crippen LogP contribution in [0.25, 0.3) is 0 Å². The fourth-order valence-corrected chi connectivity index (χ4v) is 11.0. The van der Waals surface area contributed by atoms with Crippen LogP contribution in [-0.4, -0.2) is 44.3 Å². The summed E-state index contributed by atoms with van der Waals surface area (Å²) in [6, 6.07) is 0. The molecule has 58 heavy (non-hydrogen) atoms. The molecular formula is C50H70O8. The normalized spacial score (nSPS) is 29.6. The highest BCUT2D eigenvalue weighted by molar-refractivity contribution is 5.93. The lowest BCUT2D eigenvalue weighted by Gasteiger charge is -2.62. The van der Waals surface area contributed by atoms with Gasteiger partial charge in [-0.25, -0.2) is 19.2 Å². The fourth-order valence-electron chi connectivity index (χ4n) is 11.0. The molecule has 0 aliphatic heterocycles. The van der Waals surface area contributed by atoms with Gasteiger partial charge in [0.1, 0.15) is 0 Å². The second-order valence-electron chi connectivity index (χ2n) is 22.8. The minimum Gasteiger partial charge on any atom is -0.478 e. The van der Waals surface area contributed by atoms with Gasteiger partial charge >= 0.3 is 23.9 Å². The molecule has 4 unspecified atom stereocenters. The van der Waals surface area contributed by atoms with Crippen LogP contribution in [0.15, 0.2) is 93.2 Å². The molecule has 0 aromatic carbocycles. The molecule has 0 saturated carbocycles. The first-order chi connectivity index (χ1) is 26.0. The smallest absolute Gasteiger partial charge is 0.335 e. The van der Waals surface area contributed by atoms with Gasteiger partial charge < -0.3 is 20.4 Å². The lowest BCUT2D eigenvalue weighted by molar-refractivity contribution is -0.133. The summed E-state index contributed by atoms with van der Waals surface area (Å²) >= 11 is 0. The first kappa shape index (κ1) is 46.5. The molecule has 8 heteroatoms. The van der Waals surface area contributed by atoms with E-state index in [2.05, 4.69) is 52.0 Å². The first-order valence-electron chi connectivity index (χ1n) is 20.7. The summed E-state index contributed by atoms with van der Waals surface area (Å²) in [6.45, 7) is 33.3. The van der Waals surface area contributed by atoms with Gasteiger partial charge in [0.2, 0.25) is 0 Å². The van der Waals surface area contributed by atoms with Gasteiger partial charge in [-0.2, -0.15) is 0 Å². The van der Waals surface area contributed by atoms with Gasteiger partial charge in [-0.3, -0.25) is 0 Å². The molecule has 0 bridgehead atoms. The van der Waals surface area contributed by atoms with E-state index in [1.807, 2.05) is 83.1 Å². The third-order valence-corrected chi connectivity index (χ3v) is 13.8. The quantitative estimate of drug-likeness (QED) is 0.180. The average Bonchev–Trinajstić information content (AvgIpc) is 3.04. The number of hydrogen-bond donors (Lipinski definition) is 4. The van der Waals surface area contributed by atoms with E-state index in [9.17, 15) is 39.6 Å². The lowest BCUT2D eigenvalue weighted by Crippen LogP contribution is -2.55. The van der Waals surface area contributed by atoms with Crippen LogP contribution >= 0.6 is 0 Å². The van der Waals surface area contributed by atoms with Gasteiger partial charge in [0, 0.05) is 0 Å². The highest BCUT2D eigenvalue weighted by atomic mass is 16.4. The lowest BCUT2D eigenvalue weighted by atomic mass is 9.42. The third kappa shape index (κ3) is 8.72. The van der Waals surface area contributed by atoms with Crippen molar-refractivity contribution in [2.75, 3.05) is 0 Å². The molecule has 0 amide bonds. The Morgan fingerprint density at radius 2 is 0.552 bits per heavy atom.